The van der Waals surface area contributed by atoms with Crippen LogP contribution >= 0.6 is 0 Å². The summed E-state index contributed by atoms with van der Waals surface area (Å²) in [4.78, 5) is 12.2. The second-order valence-electron chi connectivity index (χ2n) is 5.50. The van der Waals surface area contributed by atoms with Gasteiger partial charge in [-0.25, -0.2) is 4.79 Å². The van der Waals surface area contributed by atoms with Crippen molar-refractivity contribution in [1.82, 2.24) is 0 Å². The molecule has 0 aliphatic carbocycles. The van der Waals surface area contributed by atoms with Crippen molar-refractivity contribution in [2.75, 3.05) is 33.5 Å². The zero-order valence-corrected chi connectivity index (χ0v) is 14.2. The molecule has 0 N–H and O–H groups in total. The van der Waals surface area contributed by atoms with Gasteiger partial charge in [-0.2, -0.15) is 0 Å². The Morgan fingerprint density at radius 2 is 1.96 bits per heavy atom. The van der Waals surface area contributed by atoms with E-state index in [0.717, 1.165) is 11.3 Å². The van der Waals surface area contributed by atoms with E-state index in [1.165, 1.54) is 7.11 Å². The second kappa shape index (κ2) is 7.79. The van der Waals surface area contributed by atoms with Crippen LogP contribution in [0.15, 0.2) is 36.4 Å². The summed E-state index contributed by atoms with van der Waals surface area (Å²) in [6, 6.07) is 10.9. The van der Waals surface area contributed by atoms with Crippen LogP contribution in [0.4, 0.5) is 0 Å². The molecule has 0 radical (unpaired) electrons. The van der Waals surface area contributed by atoms with Gasteiger partial charge in [0.2, 0.25) is 5.75 Å². The predicted molar refractivity (Wildman–Crippen MR) is 90.9 cm³/mol. The van der Waals surface area contributed by atoms with Crippen LogP contribution in [0.5, 0.6) is 23.0 Å². The molecule has 6 heteroatoms. The average Bonchev–Trinajstić information content (AvgIpc) is 2.64. The summed E-state index contributed by atoms with van der Waals surface area (Å²) < 4.78 is 27.1. The number of methoxy groups -OCH3 is 1. The molecule has 25 heavy (non-hydrogen) atoms. The predicted octanol–water partition coefficient (Wildman–Crippen LogP) is 3.01. The van der Waals surface area contributed by atoms with Crippen molar-refractivity contribution in [2.24, 2.45) is 0 Å². The Kier molecular flexibility index (Phi) is 5.28. The molecule has 0 aromatic heterocycles. The van der Waals surface area contributed by atoms with E-state index in [0.29, 0.717) is 36.0 Å². The van der Waals surface area contributed by atoms with Gasteiger partial charge < -0.3 is 23.7 Å². The molecule has 6 nitrogen and oxygen atoms in total. The van der Waals surface area contributed by atoms with E-state index in [1.54, 1.807) is 12.1 Å². The zero-order valence-electron chi connectivity index (χ0n) is 14.2. The van der Waals surface area contributed by atoms with Gasteiger partial charge in [0, 0.05) is 0 Å². The molecule has 3 rings (SSSR count). The number of carbonyl (C=O) groups excluding carboxylic acids is 1. The Labute approximate surface area is 146 Å². The van der Waals surface area contributed by atoms with Crippen LogP contribution < -0.4 is 18.9 Å². The Morgan fingerprint density at radius 1 is 1.12 bits per heavy atom. The maximum Gasteiger partial charge on any atom is 0.338 e. The summed E-state index contributed by atoms with van der Waals surface area (Å²) in [5.41, 5.74) is 1.45. The van der Waals surface area contributed by atoms with Crippen molar-refractivity contribution < 1.29 is 28.5 Å². The first-order valence-electron chi connectivity index (χ1n) is 8.01. The topological polar surface area (TPSA) is 63.2 Å². The molecule has 0 saturated carbocycles. The van der Waals surface area contributed by atoms with Gasteiger partial charge in [0.15, 0.2) is 11.5 Å². The summed E-state index contributed by atoms with van der Waals surface area (Å²) in [6.07, 6.45) is 0. The maximum atomic E-state index is 12.2. The van der Waals surface area contributed by atoms with Crippen molar-refractivity contribution in [2.45, 2.75) is 6.92 Å². The van der Waals surface area contributed by atoms with Crippen molar-refractivity contribution in [3.63, 3.8) is 0 Å². The number of hydrogen-bond acceptors (Lipinski definition) is 6. The number of esters is 1. The number of carbonyl (C=O) groups is 1. The number of benzene rings is 2. The largest absolute Gasteiger partial charge is 0.493 e. The van der Waals surface area contributed by atoms with Crippen molar-refractivity contribution in [1.29, 1.82) is 0 Å². The molecule has 1 aliphatic heterocycles. The molecule has 0 amide bonds. The van der Waals surface area contributed by atoms with Crippen LogP contribution in [0.3, 0.4) is 0 Å². The van der Waals surface area contributed by atoms with Gasteiger partial charge in [-0.1, -0.05) is 12.1 Å². The molecule has 0 atom stereocenters. The number of rotatable bonds is 6. The van der Waals surface area contributed by atoms with Gasteiger partial charge in [0.25, 0.3) is 0 Å². The van der Waals surface area contributed by atoms with Crippen LogP contribution in [0.2, 0.25) is 0 Å². The van der Waals surface area contributed by atoms with E-state index >= 15 is 0 Å². The highest BCUT2D eigenvalue weighted by molar-refractivity contribution is 5.91. The Balaban J connectivity index is 1.58. The number of ether oxygens (including phenoxy) is 5. The molecule has 0 saturated heterocycles. The monoisotopic (exact) mass is 344 g/mol. The molecule has 0 unspecified atom stereocenters. The third-order valence-electron chi connectivity index (χ3n) is 3.64. The van der Waals surface area contributed by atoms with E-state index in [9.17, 15) is 4.79 Å². The fraction of sp³-hybridized carbons (Fsp3) is 0.316. The molecular weight excluding hydrogens is 324 g/mol. The first-order chi connectivity index (χ1) is 12.2. The van der Waals surface area contributed by atoms with Crippen LogP contribution in [0.25, 0.3) is 0 Å². The quantitative estimate of drug-likeness (QED) is 0.593. The van der Waals surface area contributed by atoms with Crippen molar-refractivity contribution in [3.05, 3.63) is 47.5 Å². The molecule has 0 bridgehead atoms. The van der Waals surface area contributed by atoms with E-state index < -0.39 is 5.97 Å². The minimum Gasteiger partial charge on any atom is -0.493 e. The van der Waals surface area contributed by atoms with E-state index in [-0.39, 0.29) is 13.2 Å². The van der Waals surface area contributed by atoms with Gasteiger partial charge in [-0.05, 0) is 36.8 Å². The lowest BCUT2D eigenvalue weighted by Gasteiger charge is -2.21. The number of hydrogen-bond donors (Lipinski definition) is 0. The number of fused-ring (bicyclic) bond motifs is 1. The van der Waals surface area contributed by atoms with E-state index in [2.05, 4.69) is 0 Å². The standard InChI is InChI=1S/C19H20O6/c1-13-4-3-5-15(10-13)22-6-9-25-19(20)14-11-16(21-2)18-17(12-14)23-7-8-24-18/h3-5,10-12H,6-9H2,1-2H3. The molecule has 1 aliphatic rings. The smallest absolute Gasteiger partial charge is 0.338 e. The summed E-state index contributed by atoms with van der Waals surface area (Å²) in [5.74, 6) is 1.71. The zero-order chi connectivity index (χ0) is 17.6. The van der Waals surface area contributed by atoms with Crippen molar-refractivity contribution in [3.8, 4) is 23.0 Å². The molecule has 2 aromatic rings. The van der Waals surface area contributed by atoms with Crippen molar-refractivity contribution >= 4 is 5.97 Å². The normalized spacial score (nSPS) is 12.4. The summed E-state index contributed by atoms with van der Waals surface area (Å²) >= 11 is 0. The SMILES string of the molecule is COc1cc(C(=O)OCCOc2cccc(C)c2)cc2c1OCCO2. The lowest BCUT2D eigenvalue weighted by molar-refractivity contribution is 0.0449. The van der Waals surface area contributed by atoms with Gasteiger partial charge in [-0.3, -0.25) is 0 Å². The lowest BCUT2D eigenvalue weighted by atomic mass is 10.1. The highest BCUT2D eigenvalue weighted by atomic mass is 16.6. The van der Waals surface area contributed by atoms with Gasteiger partial charge >= 0.3 is 5.97 Å². The number of aryl methyl sites for hydroxylation is 1. The van der Waals surface area contributed by atoms with Crippen LogP contribution in [0, 0.1) is 6.92 Å². The summed E-state index contributed by atoms with van der Waals surface area (Å²) in [7, 11) is 1.51. The summed E-state index contributed by atoms with van der Waals surface area (Å²) in [6.45, 7) is 3.28. The van der Waals surface area contributed by atoms with Crippen LogP contribution in [-0.4, -0.2) is 39.5 Å². The van der Waals surface area contributed by atoms with Gasteiger partial charge in [0.05, 0.1) is 12.7 Å². The molecule has 1 heterocycles. The average molecular weight is 344 g/mol. The molecular formula is C19H20O6. The third kappa shape index (κ3) is 4.15. The molecule has 2 aromatic carbocycles. The fourth-order valence-electron chi connectivity index (χ4n) is 2.47. The van der Waals surface area contributed by atoms with E-state index in [4.69, 9.17) is 23.7 Å². The maximum absolute atomic E-state index is 12.2. The van der Waals surface area contributed by atoms with E-state index in [1.807, 2.05) is 31.2 Å². The Morgan fingerprint density at radius 3 is 2.76 bits per heavy atom. The minimum atomic E-state index is -0.469. The molecule has 0 fully saturated rings. The van der Waals surface area contributed by atoms with Gasteiger partial charge in [0.1, 0.15) is 32.2 Å². The second-order valence-corrected chi connectivity index (χ2v) is 5.50. The Hall–Kier alpha value is -2.89. The Bertz CT molecular complexity index is 738. The first-order valence-corrected chi connectivity index (χ1v) is 8.01. The van der Waals surface area contributed by atoms with Crippen LogP contribution in [0.1, 0.15) is 15.9 Å². The lowest BCUT2D eigenvalue weighted by Crippen LogP contribution is -2.17. The highest BCUT2D eigenvalue weighted by Crippen LogP contribution is 2.40. The molecule has 0 spiro atoms. The minimum absolute atomic E-state index is 0.142. The third-order valence-corrected chi connectivity index (χ3v) is 3.64. The highest BCUT2D eigenvalue weighted by Gasteiger charge is 2.21. The van der Waals surface area contributed by atoms with Crippen LogP contribution in [-0.2, 0) is 4.74 Å². The first kappa shape index (κ1) is 17.0. The summed E-state index contributed by atoms with van der Waals surface area (Å²) in [5, 5.41) is 0. The van der Waals surface area contributed by atoms with Gasteiger partial charge in [-0.15, -0.1) is 0 Å². The molecule has 132 valence electrons. The fourth-order valence-corrected chi connectivity index (χ4v) is 2.47.